The summed E-state index contributed by atoms with van der Waals surface area (Å²) in [6, 6.07) is 6.75. The van der Waals surface area contributed by atoms with Gasteiger partial charge < -0.3 is 5.11 Å². The Balaban J connectivity index is 0.000001000. The van der Waals surface area contributed by atoms with E-state index < -0.39 is 5.97 Å². The molecule has 3 heteroatoms. The van der Waals surface area contributed by atoms with Crippen LogP contribution >= 0.6 is 24.0 Å². The van der Waals surface area contributed by atoms with Crippen molar-refractivity contribution in [2.45, 2.75) is 6.92 Å². The van der Waals surface area contributed by atoms with E-state index in [2.05, 4.69) is 0 Å². The highest BCUT2D eigenvalue weighted by Gasteiger charge is 1.98. The van der Waals surface area contributed by atoms with Gasteiger partial charge in [-0.2, -0.15) is 0 Å². The smallest absolute Gasteiger partial charge is 0.335 e. The first-order chi connectivity index (χ1) is 4.70. The van der Waals surface area contributed by atoms with E-state index in [1.54, 1.807) is 24.3 Å². The van der Waals surface area contributed by atoms with Gasteiger partial charge >= 0.3 is 5.97 Å². The number of halogens is 1. The predicted molar refractivity (Wildman–Crippen MR) is 53.6 cm³/mol. The van der Waals surface area contributed by atoms with Gasteiger partial charge in [-0.3, -0.25) is 0 Å². The van der Waals surface area contributed by atoms with Crippen molar-refractivity contribution in [3.63, 3.8) is 0 Å². The average Bonchev–Trinajstić information content (AvgIpc) is 1.88. The summed E-state index contributed by atoms with van der Waals surface area (Å²) in [6.07, 6.45) is 0. The number of carboxylic acid groups (broad SMARTS) is 1. The van der Waals surface area contributed by atoms with Crippen molar-refractivity contribution in [3.05, 3.63) is 35.4 Å². The van der Waals surface area contributed by atoms with Crippen molar-refractivity contribution in [2.75, 3.05) is 0 Å². The van der Waals surface area contributed by atoms with Crippen LogP contribution in [-0.4, -0.2) is 11.1 Å². The molecule has 0 amide bonds. The number of aryl methyl sites for hydroxylation is 1. The molecule has 0 fully saturated rings. The Bertz CT molecular complexity index is 241. The lowest BCUT2D eigenvalue weighted by atomic mass is 10.2. The van der Waals surface area contributed by atoms with Gasteiger partial charge in [-0.05, 0) is 19.1 Å². The molecule has 0 aromatic heterocycles. The van der Waals surface area contributed by atoms with E-state index in [-0.39, 0.29) is 24.0 Å². The zero-order valence-corrected chi connectivity index (χ0v) is 8.40. The van der Waals surface area contributed by atoms with Crippen molar-refractivity contribution >= 4 is 29.9 Å². The fourth-order valence-electron chi connectivity index (χ4n) is 0.696. The lowest BCUT2D eigenvalue weighted by molar-refractivity contribution is 0.0697. The molecule has 1 aromatic rings. The largest absolute Gasteiger partial charge is 0.478 e. The standard InChI is InChI=1S/C8H8O2.HI/c1-6-2-4-7(5-3-6)8(9)10;/h2-5H,1H3,(H,9,10);1H. The summed E-state index contributed by atoms with van der Waals surface area (Å²) >= 11 is 0. The van der Waals surface area contributed by atoms with E-state index in [9.17, 15) is 4.79 Å². The summed E-state index contributed by atoms with van der Waals surface area (Å²) < 4.78 is 0. The van der Waals surface area contributed by atoms with Crippen LogP contribution in [0.2, 0.25) is 0 Å². The van der Waals surface area contributed by atoms with Crippen LogP contribution in [0.3, 0.4) is 0 Å². The number of hydrogen-bond acceptors (Lipinski definition) is 1. The number of carbonyl (C=O) groups is 1. The molecule has 0 aliphatic carbocycles. The highest BCUT2D eigenvalue weighted by Crippen LogP contribution is 2.01. The summed E-state index contributed by atoms with van der Waals surface area (Å²) in [5.74, 6) is -0.875. The van der Waals surface area contributed by atoms with Gasteiger partial charge in [-0.1, -0.05) is 17.7 Å². The minimum Gasteiger partial charge on any atom is -0.478 e. The molecule has 11 heavy (non-hydrogen) atoms. The molecule has 1 rings (SSSR count). The zero-order valence-electron chi connectivity index (χ0n) is 6.07. The van der Waals surface area contributed by atoms with Crippen LogP contribution in [0.25, 0.3) is 0 Å². The summed E-state index contributed by atoms with van der Waals surface area (Å²) in [6.45, 7) is 1.92. The molecule has 0 unspecified atom stereocenters. The van der Waals surface area contributed by atoms with E-state index in [1.165, 1.54) is 0 Å². The van der Waals surface area contributed by atoms with E-state index >= 15 is 0 Å². The van der Waals surface area contributed by atoms with E-state index in [0.29, 0.717) is 5.56 Å². The Hall–Kier alpha value is -0.580. The minimum atomic E-state index is -0.875. The first-order valence-corrected chi connectivity index (χ1v) is 3.00. The number of aromatic carboxylic acids is 1. The fraction of sp³-hybridized carbons (Fsp3) is 0.125. The average molecular weight is 264 g/mol. The molecule has 0 heterocycles. The van der Waals surface area contributed by atoms with Gasteiger partial charge in [0.05, 0.1) is 5.56 Å². The van der Waals surface area contributed by atoms with Gasteiger partial charge in [-0.15, -0.1) is 24.0 Å². The predicted octanol–water partition coefficient (Wildman–Crippen LogP) is 2.31. The van der Waals surface area contributed by atoms with Crippen LogP contribution in [0.1, 0.15) is 15.9 Å². The van der Waals surface area contributed by atoms with Crippen molar-refractivity contribution in [1.82, 2.24) is 0 Å². The Labute approximate surface area is 82.3 Å². The summed E-state index contributed by atoms with van der Waals surface area (Å²) in [7, 11) is 0. The maximum absolute atomic E-state index is 10.3. The Morgan fingerprint density at radius 3 is 2.09 bits per heavy atom. The molecule has 2 nitrogen and oxygen atoms in total. The second-order valence-electron chi connectivity index (χ2n) is 2.17. The first kappa shape index (κ1) is 10.4. The Morgan fingerprint density at radius 2 is 1.73 bits per heavy atom. The van der Waals surface area contributed by atoms with Crippen molar-refractivity contribution in [3.8, 4) is 0 Å². The molecule has 0 aliphatic heterocycles. The Morgan fingerprint density at radius 1 is 1.27 bits per heavy atom. The molecule has 0 atom stereocenters. The molecule has 60 valence electrons. The molecule has 1 aromatic carbocycles. The van der Waals surface area contributed by atoms with Gasteiger partial charge in [0.2, 0.25) is 0 Å². The molecular formula is C8H9IO2. The third kappa shape index (κ3) is 2.88. The van der Waals surface area contributed by atoms with Gasteiger partial charge in [0, 0.05) is 0 Å². The maximum Gasteiger partial charge on any atom is 0.335 e. The van der Waals surface area contributed by atoms with Crippen molar-refractivity contribution in [1.29, 1.82) is 0 Å². The SMILES string of the molecule is Cc1ccc(C(=O)O)cc1.I. The van der Waals surface area contributed by atoms with Crippen LogP contribution in [0.15, 0.2) is 24.3 Å². The number of benzene rings is 1. The molecule has 0 saturated carbocycles. The molecule has 0 bridgehead atoms. The topological polar surface area (TPSA) is 37.3 Å². The molecule has 0 radical (unpaired) electrons. The third-order valence-electron chi connectivity index (χ3n) is 1.30. The third-order valence-corrected chi connectivity index (χ3v) is 1.30. The van der Waals surface area contributed by atoms with E-state index in [1.807, 2.05) is 6.92 Å². The summed E-state index contributed by atoms with van der Waals surface area (Å²) in [4.78, 5) is 10.3. The summed E-state index contributed by atoms with van der Waals surface area (Å²) in [5.41, 5.74) is 1.41. The Kier molecular flexibility index (Phi) is 4.10. The molecular weight excluding hydrogens is 255 g/mol. The van der Waals surface area contributed by atoms with Crippen LogP contribution in [-0.2, 0) is 0 Å². The van der Waals surface area contributed by atoms with Crippen LogP contribution < -0.4 is 0 Å². The molecule has 0 aliphatic rings. The normalized spacial score (nSPS) is 8.45. The van der Waals surface area contributed by atoms with Crippen LogP contribution in [0, 0.1) is 6.92 Å². The van der Waals surface area contributed by atoms with E-state index in [0.717, 1.165) is 5.56 Å². The van der Waals surface area contributed by atoms with Gasteiger partial charge in [-0.25, -0.2) is 4.79 Å². The summed E-state index contributed by atoms with van der Waals surface area (Å²) in [5, 5.41) is 8.48. The first-order valence-electron chi connectivity index (χ1n) is 3.00. The van der Waals surface area contributed by atoms with Crippen molar-refractivity contribution in [2.24, 2.45) is 0 Å². The minimum absolute atomic E-state index is 0. The maximum atomic E-state index is 10.3. The molecule has 1 N–H and O–H groups in total. The lowest BCUT2D eigenvalue weighted by Gasteiger charge is -1.92. The molecule has 0 spiro atoms. The van der Waals surface area contributed by atoms with Gasteiger partial charge in [0.25, 0.3) is 0 Å². The highest BCUT2D eigenvalue weighted by atomic mass is 127. The number of carboxylic acids is 1. The van der Waals surface area contributed by atoms with Crippen LogP contribution in [0.5, 0.6) is 0 Å². The quantitative estimate of drug-likeness (QED) is 0.790. The molecule has 0 saturated heterocycles. The number of rotatable bonds is 1. The second-order valence-corrected chi connectivity index (χ2v) is 2.17. The fourth-order valence-corrected chi connectivity index (χ4v) is 0.696. The second kappa shape index (κ2) is 4.33. The van der Waals surface area contributed by atoms with Crippen molar-refractivity contribution < 1.29 is 9.90 Å². The van der Waals surface area contributed by atoms with E-state index in [4.69, 9.17) is 5.11 Å². The number of hydrogen-bond donors (Lipinski definition) is 1. The zero-order chi connectivity index (χ0) is 7.56. The van der Waals surface area contributed by atoms with Gasteiger partial charge in [0.1, 0.15) is 0 Å². The lowest BCUT2D eigenvalue weighted by Crippen LogP contribution is -1.94. The van der Waals surface area contributed by atoms with Crippen LogP contribution in [0.4, 0.5) is 0 Å². The monoisotopic (exact) mass is 264 g/mol. The van der Waals surface area contributed by atoms with Gasteiger partial charge in [0.15, 0.2) is 0 Å². The highest BCUT2D eigenvalue weighted by molar-refractivity contribution is 14.0.